The number of piperidine rings is 2. The van der Waals surface area contributed by atoms with Crippen molar-refractivity contribution in [2.24, 2.45) is 5.92 Å². The van der Waals surface area contributed by atoms with Gasteiger partial charge in [0.25, 0.3) is 0 Å². The predicted molar refractivity (Wildman–Crippen MR) is 159 cm³/mol. The van der Waals surface area contributed by atoms with Crippen molar-refractivity contribution in [2.75, 3.05) is 33.3 Å². The first-order valence-electron chi connectivity index (χ1n) is 14.5. The summed E-state index contributed by atoms with van der Waals surface area (Å²) in [6, 6.07) is 26.7. The van der Waals surface area contributed by atoms with E-state index in [0.29, 0.717) is 31.7 Å². The van der Waals surface area contributed by atoms with Crippen molar-refractivity contribution < 1.29 is 14.3 Å². The third kappa shape index (κ3) is 6.61. The lowest BCUT2D eigenvalue weighted by Gasteiger charge is -2.42. The molecule has 212 valence electrons. The summed E-state index contributed by atoms with van der Waals surface area (Å²) in [6.07, 6.45) is 2.33. The first-order valence-corrected chi connectivity index (χ1v) is 14.5. The SMILES string of the molecule is COc1ccc(-c2ccc(C#N)cc2)cc1CN[C@H]1CCN(C(=O)C2CCN(C(C)=O)CC2)C[C@H]1c1ccccc1. The number of nitriles is 1. The summed E-state index contributed by atoms with van der Waals surface area (Å²) in [4.78, 5) is 29.2. The van der Waals surface area contributed by atoms with Crippen LogP contribution in [0.5, 0.6) is 5.75 Å². The van der Waals surface area contributed by atoms with Crippen LogP contribution in [0.4, 0.5) is 0 Å². The first-order chi connectivity index (χ1) is 20.0. The molecule has 3 aromatic rings. The Morgan fingerprint density at radius 2 is 1.61 bits per heavy atom. The largest absolute Gasteiger partial charge is 0.496 e. The second-order valence-electron chi connectivity index (χ2n) is 11.1. The third-order valence-electron chi connectivity index (χ3n) is 8.62. The van der Waals surface area contributed by atoms with Crippen LogP contribution in [0.15, 0.2) is 72.8 Å². The van der Waals surface area contributed by atoms with Gasteiger partial charge in [-0.25, -0.2) is 0 Å². The molecule has 0 aromatic heterocycles. The topological polar surface area (TPSA) is 85.7 Å². The highest BCUT2D eigenvalue weighted by atomic mass is 16.5. The quantitative estimate of drug-likeness (QED) is 0.449. The molecule has 2 aliphatic rings. The van der Waals surface area contributed by atoms with Gasteiger partial charge >= 0.3 is 0 Å². The Kier molecular flexibility index (Phi) is 9.01. The fourth-order valence-electron chi connectivity index (χ4n) is 6.21. The van der Waals surface area contributed by atoms with E-state index in [2.05, 4.69) is 46.6 Å². The fourth-order valence-corrected chi connectivity index (χ4v) is 6.21. The molecule has 0 spiro atoms. The van der Waals surface area contributed by atoms with Crippen molar-refractivity contribution in [3.8, 4) is 22.9 Å². The lowest BCUT2D eigenvalue weighted by Crippen LogP contribution is -2.52. The summed E-state index contributed by atoms with van der Waals surface area (Å²) >= 11 is 0. The summed E-state index contributed by atoms with van der Waals surface area (Å²) in [6.45, 7) is 4.96. The van der Waals surface area contributed by atoms with E-state index in [0.717, 1.165) is 48.2 Å². The Hall–Kier alpha value is -4.15. The number of benzene rings is 3. The number of carbonyl (C=O) groups is 2. The summed E-state index contributed by atoms with van der Waals surface area (Å²) < 4.78 is 5.70. The lowest BCUT2D eigenvalue weighted by molar-refractivity contribution is -0.141. The van der Waals surface area contributed by atoms with Gasteiger partial charge in [-0.15, -0.1) is 0 Å². The van der Waals surface area contributed by atoms with Crippen LogP contribution in [0, 0.1) is 17.2 Å². The molecular weight excluding hydrogens is 512 g/mol. The van der Waals surface area contributed by atoms with Gasteiger partial charge in [0.15, 0.2) is 0 Å². The van der Waals surface area contributed by atoms with Crippen LogP contribution in [0.2, 0.25) is 0 Å². The Morgan fingerprint density at radius 1 is 0.927 bits per heavy atom. The summed E-state index contributed by atoms with van der Waals surface area (Å²) in [5.74, 6) is 1.30. The standard InChI is InChI=1S/C34H38N4O3/c1-24(39)37-17-14-28(15-18-37)34(40)38-19-16-32(31(23-38)27-6-4-3-5-7-27)36-22-30-20-29(12-13-33(30)41-2)26-10-8-25(21-35)9-11-26/h3-13,20,28,31-32,36H,14-19,22-23H2,1-2H3/t31-,32-/m0/s1. The zero-order valence-corrected chi connectivity index (χ0v) is 23.9. The van der Waals surface area contributed by atoms with E-state index < -0.39 is 0 Å². The van der Waals surface area contributed by atoms with Gasteiger partial charge in [-0.3, -0.25) is 9.59 Å². The van der Waals surface area contributed by atoms with Gasteiger partial charge in [0, 0.05) is 63.1 Å². The third-order valence-corrected chi connectivity index (χ3v) is 8.62. The molecule has 0 radical (unpaired) electrons. The predicted octanol–water partition coefficient (Wildman–Crippen LogP) is 4.97. The summed E-state index contributed by atoms with van der Waals surface area (Å²) in [7, 11) is 1.69. The highest BCUT2D eigenvalue weighted by molar-refractivity contribution is 5.80. The minimum atomic E-state index is -0.0132. The molecule has 2 saturated heterocycles. The second kappa shape index (κ2) is 13.0. The van der Waals surface area contributed by atoms with Crippen molar-refractivity contribution in [3.63, 3.8) is 0 Å². The van der Waals surface area contributed by atoms with E-state index >= 15 is 0 Å². The molecule has 0 saturated carbocycles. The minimum Gasteiger partial charge on any atom is -0.496 e. The van der Waals surface area contributed by atoms with Crippen LogP contribution in [-0.4, -0.2) is 60.9 Å². The highest BCUT2D eigenvalue weighted by Crippen LogP contribution is 2.32. The van der Waals surface area contributed by atoms with E-state index in [9.17, 15) is 9.59 Å². The van der Waals surface area contributed by atoms with Gasteiger partial charge in [0.05, 0.1) is 18.7 Å². The average Bonchev–Trinajstić information content (AvgIpc) is 3.03. The van der Waals surface area contributed by atoms with Gasteiger partial charge in [0.1, 0.15) is 5.75 Å². The fraction of sp³-hybridized carbons (Fsp3) is 0.382. The zero-order chi connectivity index (χ0) is 28.8. The number of hydrogen-bond donors (Lipinski definition) is 1. The first kappa shape index (κ1) is 28.4. The molecule has 7 heteroatoms. The van der Waals surface area contributed by atoms with E-state index in [4.69, 9.17) is 10.00 Å². The van der Waals surface area contributed by atoms with Crippen molar-refractivity contribution in [3.05, 3.63) is 89.5 Å². The molecule has 0 bridgehead atoms. The molecule has 1 N–H and O–H groups in total. The summed E-state index contributed by atoms with van der Waals surface area (Å²) in [5.41, 5.74) is 5.06. The number of carbonyl (C=O) groups excluding carboxylic acids is 2. The number of hydrogen-bond acceptors (Lipinski definition) is 5. The van der Waals surface area contributed by atoms with Crippen LogP contribution in [0.3, 0.4) is 0 Å². The van der Waals surface area contributed by atoms with Gasteiger partial charge < -0.3 is 19.9 Å². The van der Waals surface area contributed by atoms with Crippen LogP contribution >= 0.6 is 0 Å². The summed E-state index contributed by atoms with van der Waals surface area (Å²) in [5, 5.41) is 13.0. The van der Waals surface area contributed by atoms with Crippen LogP contribution in [0.1, 0.15) is 48.8 Å². The molecule has 2 atom stereocenters. The molecule has 2 aliphatic heterocycles. The van der Waals surface area contributed by atoms with E-state index in [-0.39, 0.29) is 29.7 Å². The molecule has 0 aliphatic carbocycles. The maximum Gasteiger partial charge on any atom is 0.225 e. The molecule has 5 rings (SSSR count). The normalized spacial score (nSPS) is 19.4. The van der Waals surface area contributed by atoms with Gasteiger partial charge in [-0.2, -0.15) is 5.26 Å². The maximum atomic E-state index is 13.6. The highest BCUT2D eigenvalue weighted by Gasteiger charge is 2.36. The number of ether oxygens (including phenoxy) is 1. The Morgan fingerprint density at radius 3 is 2.27 bits per heavy atom. The molecule has 41 heavy (non-hydrogen) atoms. The average molecular weight is 551 g/mol. The molecule has 0 unspecified atom stereocenters. The molecule has 2 fully saturated rings. The minimum absolute atomic E-state index is 0.0132. The number of nitrogens with zero attached hydrogens (tertiary/aromatic N) is 3. The Bertz CT molecular complexity index is 1390. The Labute approximate surface area is 242 Å². The zero-order valence-electron chi connectivity index (χ0n) is 23.9. The number of likely N-dealkylation sites (tertiary alicyclic amines) is 2. The number of amides is 2. The molecule has 2 heterocycles. The monoisotopic (exact) mass is 550 g/mol. The van der Waals surface area contributed by atoms with Crippen LogP contribution in [-0.2, 0) is 16.1 Å². The van der Waals surface area contributed by atoms with Crippen LogP contribution in [0.25, 0.3) is 11.1 Å². The van der Waals surface area contributed by atoms with E-state index in [1.54, 1.807) is 14.0 Å². The van der Waals surface area contributed by atoms with E-state index in [1.807, 2.05) is 47.4 Å². The van der Waals surface area contributed by atoms with Gasteiger partial charge in [-0.05, 0) is 60.2 Å². The van der Waals surface area contributed by atoms with Crippen molar-refractivity contribution >= 4 is 11.8 Å². The Balaban J connectivity index is 1.30. The van der Waals surface area contributed by atoms with E-state index in [1.165, 1.54) is 5.56 Å². The smallest absolute Gasteiger partial charge is 0.225 e. The number of methoxy groups -OCH3 is 1. The van der Waals surface area contributed by atoms with Crippen molar-refractivity contribution in [2.45, 2.75) is 44.7 Å². The molecular formula is C34H38N4O3. The van der Waals surface area contributed by atoms with Crippen molar-refractivity contribution in [1.82, 2.24) is 15.1 Å². The lowest BCUT2D eigenvalue weighted by atomic mass is 9.84. The maximum absolute atomic E-state index is 13.6. The molecule has 2 amide bonds. The molecule has 7 nitrogen and oxygen atoms in total. The van der Waals surface area contributed by atoms with Crippen molar-refractivity contribution in [1.29, 1.82) is 5.26 Å². The molecule has 3 aromatic carbocycles. The van der Waals surface area contributed by atoms with Gasteiger partial charge in [-0.1, -0.05) is 48.5 Å². The second-order valence-corrected chi connectivity index (χ2v) is 11.1. The van der Waals surface area contributed by atoms with Crippen LogP contribution < -0.4 is 10.1 Å². The number of rotatable bonds is 7. The number of nitrogens with one attached hydrogen (secondary N) is 1. The van der Waals surface area contributed by atoms with Gasteiger partial charge in [0.2, 0.25) is 11.8 Å².